The second-order valence-corrected chi connectivity index (χ2v) is 2.99. The van der Waals surface area contributed by atoms with Gasteiger partial charge in [-0.25, -0.2) is 4.39 Å². The molecule has 0 aliphatic rings. The summed E-state index contributed by atoms with van der Waals surface area (Å²) in [5.41, 5.74) is 7.45. The van der Waals surface area contributed by atoms with Gasteiger partial charge in [0.2, 0.25) is 0 Å². The first-order valence-corrected chi connectivity index (χ1v) is 4.00. The van der Waals surface area contributed by atoms with Crippen molar-refractivity contribution in [1.82, 2.24) is 0 Å². The van der Waals surface area contributed by atoms with E-state index in [0.717, 1.165) is 6.07 Å². The molecule has 0 radical (unpaired) electrons. The topological polar surface area (TPSA) is 72.5 Å². The molecule has 0 saturated heterocycles. The third kappa shape index (κ3) is 1.73. The van der Waals surface area contributed by atoms with Crippen molar-refractivity contribution in [2.45, 2.75) is 0 Å². The maximum atomic E-state index is 13.2. The van der Waals surface area contributed by atoms with E-state index in [2.05, 4.69) is 10.0 Å². The van der Waals surface area contributed by atoms with Crippen LogP contribution in [0.2, 0.25) is 10.0 Å². The van der Waals surface area contributed by atoms with Gasteiger partial charge in [0.25, 0.3) is 0 Å². The number of hydrogen-bond acceptors (Lipinski definition) is 2. The van der Waals surface area contributed by atoms with Gasteiger partial charge < -0.3 is 0 Å². The number of nitrogens with zero attached hydrogens (tertiary/aromatic N) is 4. The van der Waals surface area contributed by atoms with Crippen molar-refractivity contribution in [3.8, 4) is 6.07 Å². The molecule has 1 rings (SSSR count). The Hall–Kier alpha value is -1.47. The molecule has 4 nitrogen and oxygen atoms in total. The van der Waals surface area contributed by atoms with Crippen LogP contribution in [0, 0.1) is 17.1 Å². The molecule has 0 aliphatic carbocycles. The Morgan fingerprint density at radius 1 is 1.50 bits per heavy atom. The lowest BCUT2D eigenvalue weighted by Gasteiger charge is -2.02. The van der Waals surface area contributed by atoms with Gasteiger partial charge in [0.15, 0.2) is 5.82 Å². The van der Waals surface area contributed by atoms with Gasteiger partial charge in [0.1, 0.15) is 11.6 Å². The van der Waals surface area contributed by atoms with Crippen molar-refractivity contribution in [3.05, 3.63) is 37.9 Å². The molecule has 0 heterocycles. The van der Waals surface area contributed by atoms with Crippen LogP contribution in [-0.2, 0) is 0 Å². The lowest BCUT2D eigenvalue weighted by Crippen LogP contribution is -1.86. The molecule has 0 fully saturated rings. The third-order valence-electron chi connectivity index (χ3n) is 1.40. The number of hydrogen-bond donors (Lipinski definition) is 0. The van der Waals surface area contributed by atoms with Gasteiger partial charge in [-0.2, -0.15) is 5.26 Å². The lowest BCUT2D eigenvalue weighted by atomic mass is 10.2. The average molecular weight is 231 g/mol. The minimum atomic E-state index is -0.944. The number of benzene rings is 1. The molecule has 0 atom stereocenters. The first-order chi connectivity index (χ1) is 6.61. The highest BCUT2D eigenvalue weighted by Gasteiger charge is 2.15. The number of rotatable bonds is 1. The fourth-order valence-electron chi connectivity index (χ4n) is 0.830. The molecule has 1 aromatic rings. The van der Waals surface area contributed by atoms with Gasteiger partial charge >= 0.3 is 0 Å². The largest absolute Gasteiger partial charge is 0.204 e. The summed E-state index contributed by atoms with van der Waals surface area (Å²) in [6.07, 6.45) is 0. The lowest BCUT2D eigenvalue weighted by molar-refractivity contribution is 0.625. The van der Waals surface area contributed by atoms with E-state index in [1.807, 2.05) is 0 Å². The predicted octanol–water partition coefficient (Wildman–Crippen LogP) is 3.95. The van der Waals surface area contributed by atoms with Crippen LogP contribution in [0.1, 0.15) is 5.56 Å². The van der Waals surface area contributed by atoms with Gasteiger partial charge in [-0.3, -0.25) is 0 Å². The van der Waals surface area contributed by atoms with Crippen LogP contribution in [0.3, 0.4) is 0 Å². The maximum Gasteiger partial charge on any atom is 0.160 e. The Morgan fingerprint density at radius 2 is 2.14 bits per heavy atom. The fraction of sp³-hybridized carbons (Fsp3) is 0. The van der Waals surface area contributed by atoms with Crippen molar-refractivity contribution in [2.75, 3.05) is 0 Å². The zero-order valence-corrected chi connectivity index (χ0v) is 8.01. The van der Waals surface area contributed by atoms with E-state index in [1.54, 1.807) is 0 Å². The second kappa shape index (κ2) is 4.16. The molecule has 70 valence electrons. The first-order valence-electron chi connectivity index (χ1n) is 3.24. The van der Waals surface area contributed by atoms with Crippen molar-refractivity contribution in [1.29, 1.82) is 5.26 Å². The Balaban J connectivity index is 3.65. The first kappa shape index (κ1) is 10.6. The summed E-state index contributed by atoms with van der Waals surface area (Å²) in [6.45, 7) is 0. The maximum absolute atomic E-state index is 13.2. The van der Waals surface area contributed by atoms with Crippen LogP contribution < -0.4 is 0 Å². The monoisotopic (exact) mass is 230 g/mol. The van der Waals surface area contributed by atoms with Crippen LogP contribution >= 0.6 is 23.2 Å². The van der Waals surface area contributed by atoms with Crippen molar-refractivity contribution >= 4 is 28.9 Å². The highest BCUT2D eigenvalue weighted by Crippen LogP contribution is 2.34. The zero-order chi connectivity index (χ0) is 10.7. The van der Waals surface area contributed by atoms with Crippen LogP contribution in [0.5, 0.6) is 0 Å². The van der Waals surface area contributed by atoms with E-state index in [-0.39, 0.29) is 15.7 Å². The van der Waals surface area contributed by atoms with Gasteiger partial charge in [-0.15, -0.1) is 0 Å². The van der Waals surface area contributed by atoms with Crippen LogP contribution in [-0.4, -0.2) is 0 Å². The molecular weight excluding hydrogens is 230 g/mol. The Bertz CT molecular complexity index is 474. The SMILES string of the molecule is N#Cc1c(F)c(Cl)cc(Cl)c1N=[N+]=[N-]. The second-order valence-electron chi connectivity index (χ2n) is 2.18. The van der Waals surface area contributed by atoms with Gasteiger partial charge in [0.05, 0.1) is 15.7 Å². The van der Waals surface area contributed by atoms with Crippen molar-refractivity contribution < 1.29 is 4.39 Å². The van der Waals surface area contributed by atoms with E-state index in [4.69, 9.17) is 34.0 Å². The minimum Gasteiger partial charge on any atom is -0.204 e. The van der Waals surface area contributed by atoms with Gasteiger partial charge in [-0.05, 0) is 11.6 Å². The summed E-state index contributed by atoms with van der Waals surface area (Å²) in [4.78, 5) is 2.43. The molecule has 0 saturated carbocycles. The van der Waals surface area contributed by atoms with E-state index in [0.29, 0.717) is 0 Å². The number of nitriles is 1. The molecule has 0 spiro atoms. The molecule has 0 amide bonds. The highest BCUT2D eigenvalue weighted by molar-refractivity contribution is 6.36. The molecule has 0 bridgehead atoms. The molecule has 0 aliphatic heterocycles. The highest BCUT2D eigenvalue weighted by atomic mass is 35.5. The number of halogens is 3. The van der Waals surface area contributed by atoms with E-state index in [1.165, 1.54) is 6.07 Å². The fourth-order valence-corrected chi connectivity index (χ4v) is 1.33. The van der Waals surface area contributed by atoms with E-state index < -0.39 is 11.4 Å². The van der Waals surface area contributed by atoms with Crippen LogP contribution in [0.4, 0.5) is 10.1 Å². The summed E-state index contributed by atoms with van der Waals surface area (Å²) < 4.78 is 13.2. The van der Waals surface area contributed by atoms with Crippen molar-refractivity contribution in [3.63, 3.8) is 0 Å². The Labute approximate surface area is 88.1 Å². The third-order valence-corrected chi connectivity index (χ3v) is 1.97. The molecule has 0 aromatic heterocycles. The summed E-state index contributed by atoms with van der Waals surface area (Å²) in [5.74, 6) is -0.944. The molecule has 0 N–H and O–H groups in total. The molecular formula is C7HCl2FN4. The Kier molecular flexibility index (Phi) is 3.15. The normalized spacial score (nSPS) is 9.00. The molecule has 1 aromatic carbocycles. The smallest absolute Gasteiger partial charge is 0.160 e. The van der Waals surface area contributed by atoms with Crippen molar-refractivity contribution in [2.24, 2.45) is 5.11 Å². The summed E-state index contributed by atoms with van der Waals surface area (Å²) >= 11 is 11.0. The number of azide groups is 1. The van der Waals surface area contributed by atoms with E-state index >= 15 is 0 Å². The molecule has 0 unspecified atom stereocenters. The quantitative estimate of drug-likeness (QED) is 0.312. The Morgan fingerprint density at radius 3 is 2.64 bits per heavy atom. The summed E-state index contributed by atoms with van der Waals surface area (Å²) in [5, 5.41) is 11.3. The zero-order valence-electron chi connectivity index (χ0n) is 6.50. The predicted molar refractivity (Wildman–Crippen MR) is 49.9 cm³/mol. The minimum absolute atomic E-state index is 0.0641. The summed E-state index contributed by atoms with van der Waals surface area (Å²) in [7, 11) is 0. The van der Waals surface area contributed by atoms with Gasteiger partial charge in [0, 0.05) is 4.91 Å². The average Bonchev–Trinajstić information content (AvgIpc) is 2.15. The standard InChI is InChI=1S/C7HCl2FN4/c8-4-1-5(9)7(13-14-12)3(2-11)6(4)10/h1H. The van der Waals surface area contributed by atoms with Crippen LogP contribution in [0.15, 0.2) is 11.2 Å². The van der Waals surface area contributed by atoms with E-state index in [9.17, 15) is 4.39 Å². The molecule has 14 heavy (non-hydrogen) atoms. The van der Waals surface area contributed by atoms with Gasteiger partial charge in [-0.1, -0.05) is 28.3 Å². The van der Waals surface area contributed by atoms with Crippen LogP contribution in [0.25, 0.3) is 10.4 Å². The summed E-state index contributed by atoms with van der Waals surface area (Å²) in [6, 6.07) is 2.59. The molecule has 7 heteroatoms.